The molecule has 5 heteroatoms. The zero-order valence-corrected chi connectivity index (χ0v) is 11.9. The van der Waals surface area contributed by atoms with E-state index in [1.165, 1.54) is 0 Å². The van der Waals surface area contributed by atoms with Crippen molar-refractivity contribution in [1.82, 2.24) is 0 Å². The Balaban J connectivity index is 1.80. The molecule has 1 amide bonds. The van der Waals surface area contributed by atoms with Crippen LogP contribution in [0.5, 0.6) is 0 Å². The minimum Gasteiger partial charge on any atom is -0.481 e. The van der Waals surface area contributed by atoms with Gasteiger partial charge in [-0.3, -0.25) is 9.59 Å². The summed E-state index contributed by atoms with van der Waals surface area (Å²) < 4.78 is 5.51. The van der Waals surface area contributed by atoms with Crippen LogP contribution in [0.1, 0.15) is 11.1 Å². The van der Waals surface area contributed by atoms with Gasteiger partial charge in [0.25, 0.3) is 0 Å². The summed E-state index contributed by atoms with van der Waals surface area (Å²) in [4.78, 5) is 23.8. The van der Waals surface area contributed by atoms with Crippen molar-refractivity contribution >= 4 is 17.6 Å². The second kappa shape index (κ2) is 5.00. The number of carbonyl (C=O) groups excluding carboxylic acids is 1. The molecule has 1 fully saturated rings. The average Bonchev–Trinajstić information content (AvgIpc) is 3.03. The third kappa shape index (κ3) is 2.34. The number of nitrogens with one attached hydrogen (secondary N) is 1. The summed E-state index contributed by atoms with van der Waals surface area (Å²) in [7, 11) is 0. The Bertz CT molecular complexity index is 637. The number of benzene rings is 1. The predicted octanol–water partition coefficient (Wildman–Crippen LogP) is 1.90. The van der Waals surface area contributed by atoms with Crippen molar-refractivity contribution in [2.75, 3.05) is 5.32 Å². The van der Waals surface area contributed by atoms with Gasteiger partial charge in [0.1, 0.15) is 5.92 Å². The van der Waals surface area contributed by atoms with Gasteiger partial charge in [-0.1, -0.05) is 18.2 Å². The highest BCUT2D eigenvalue weighted by Crippen LogP contribution is 2.39. The predicted molar refractivity (Wildman–Crippen MR) is 77.0 cm³/mol. The van der Waals surface area contributed by atoms with Gasteiger partial charge in [-0.05, 0) is 37.1 Å². The molecule has 4 atom stereocenters. The number of aliphatic carboxylic acids is 1. The first-order chi connectivity index (χ1) is 9.97. The van der Waals surface area contributed by atoms with Crippen LogP contribution in [0.4, 0.5) is 5.69 Å². The van der Waals surface area contributed by atoms with E-state index >= 15 is 0 Å². The first kappa shape index (κ1) is 13.8. The maximum absolute atomic E-state index is 12.4. The van der Waals surface area contributed by atoms with Crippen LogP contribution in [0.25, 0.3) is 0 Å². The van der Waals surface area contributed by atoms with E-state index in [0.29, 0.717) is 5.69 Å². The van der Waals surface area contributed by atoms with Crippen molar-refractivity contribution in [3.05, 3.63) is 41.5 Å². The quantitative estimate of drug-likeness (QED) is 0.833. The molecule has 0 aromatic heterocycles. The molecule has 2 aliphatic rings. The molecule has 5 nitrogen and oxygen atoms in total. The Morgan fingerprint density at radius 2 is 1.76 bits per heavy atom. The van der Waals surface area contributed by atoms with Crippen molar-refractivity contribution in [3.63, 3.8) is 0 Å². The van der Waals surface area contributed by atoms with E-state index in [-0.39, 0.29) is 5.91 Å². The van der Waals surface area contributed by atoms with Gasteiger partial charge >= 0.3 is 5.97 Å². The van der Waals surface area contributed by atoms with E-state index < -0.39 is 30.0 Å². The fourth-order valence-corrected chi connectivity index (χ4v) is 2.96. The summed E-state index contributed by atoms with van der Waals surface area (Å²) in [5.41, 5.74) is 2.90. The van der Waals surface area contributed by atoms with E-state index in [1.807, 2.05) is 32.0 Å². The first-order valence-electron chi connectivity index (χ1n) is 6.92. The maximum Gasteiger partial charge on any atom is 0.310 e. The largest absolute Gasteiger partial charge is 0.481 e. The minimum atomic E-state index is -0.993. The second-order valence-electron chi connectivity index (χ2n) is 5.63. The molecule has 0 aliphatic carbocycles. The Morgan fingerprint density at radius 1 is 1.10 bits per heavy atom. The van der Waals surface area contributed by atoms with Crippen LogP contribution in [0.15, 0.2) is 30.4 Å². The van der Waals surface area contributed by atoms with Gasteiger partial charge < -0.3 is 15.2 Å². The number of fused-ring (bicyclic) bond motifs is 2. The van der Waals surface area contributed by atoms with Crippen LogP contribution >= 0.6 is 0 Å². The van der Waals surface area contributed by atoms with Crippen molar-refractivity contribution < 1.29 is 19.4 Å². The highest BCUT2D eigenvalue weighted by atomic mass is 16.5. The Morgan fingerprint density at radius 3 is 2.38 bits per heavy atom. The molecule has 2 heterocycles. The summed E-state index contributed by atoms with van der Waals surface area (Å²) >= 11 is 0. The Hall–Kier alpha value is -2.14. The number of carboxylic acid groups (broad SMARTS) is 1. The lowest BCUT2D eigenvalue weighted by Crippen LogP contribution is -2.39. The third-order valence-corrected chi connectivity index (χ3v) is 4.26. The van der Waals surface area contributed by atoms with Crippen LogP contribution in [0.2, 0.25) is 0 Å². The van der Waals surface area contributed by atoms with Crippen LogP contribution in [-0.4, -0.2) is 29.2 Å². The molecule has 3 rings (SSSR count). The van der Waals surface area contributed by atoms with Crippen molar-refractivity contribution in [3.8, 4) is 0 Å². The summed E-state index contributed by atoms with van der Waals surface area (Å²) in [6.07, 6.45) is 2.56. The van der Waals surface area contributed by atoms with Gasteiger partial charge in [0.2, 0.25) is 5.91 Å². The summed E-state index contributed by atoms with van der Waals surface area (Å²) in [6.45, 7) is 3.96. The van der Waals surface area contributed by atoms with Crippen LogP contribution in [0, 0.1) is 25.7 Å². The fraction of sp³-hybridized carbons (Fsp3) is 0.375. The van der Waals surface area contributed by atoms with E-state index in [4.69, 9.17) is 4.74 Å². The van der Waals surface area contributed by atoms with Gasteiger partial charge in [0, 0.05) is 5.69 Å². The summed E-state index contributed by atoms with van der Waals surface area (Å²) in [6, 6.07) is 5.63. The molecule has 2 aliphatic heterocycles. The minimum absolute atomic E-state index is 0.303. The summed E-state index contributed by atoms with van der Waals surface area (Å²) in [5.74, 6) is -2.79. The number of hydrogen-bond donors (Lipinski definition) is 2. The maximum atomic E-state index is 12.4. The molecule has 1 aromatic carbocycles. The van der Waals surface area contributed by atoms with Gasteiger partial charge in [-0.25, -0.2) is 0 Å². The van der Waals surface area contributed by atoms with E-state index in [0.717, 1.165) is 11.1 Å². The van der Waals surface area contributed by atoms with Crippen molar-refractivity contribution in [1.29, 1.82) is 0 Å². The molecule has 0 unspecified atom stereocenters. The van der Waals surface area contributed by atoms with E-state index in [9.17, 15) is 14.7 Å². The lowest BCUT2D eigenvalue weighted by molar-refractivity contribution is -0.145. The molecule has 2 bridgehead atoms. The number of amides is 1. The number of aryl methyl sites for hydroxylation is 2. The van der Waals surface area contributed by atoms with E-state index in [1.54, 1.807) is 12.2 Å². The lowest BCUT2D eigenvalue weighted by atomic mass is 9.82. The molecule has 21 heavy (non-hydrogen) atoms. The van der Waals surface area contributed by atoms with Crippen molar-refractivity contribution in [2.24, 2.45) is 11.8 Å². The smallest absolute Gasteiger partial charge is 0.310 e. The number of carbonyl (C=O) groups is 2. The summed E-state index contributed by atoms with van der Waals surface area (Å²) in [5, 5.41) is 12.1. The molecule has 0 radical (unpaired) electrons. The van der Waals surface area contributed by atoms with Gasteiger partial charge in [-0.15, -0.1) is 0 Å². The fourth-order valence-electron chi connectivity index (χ4n) is 2.96. The molecule has 0 spiro atoms. The number of carboxylic acids is 1. The monoisotopic (exact) mass is 287 g/mol. The normalized spacial score (nSPS) is 29.6. The zero-order chi connectivity index (χ0) is 15.1. The molecular formula is C16H17NO4. The Kier molecular flexibility index (Phi) is 3.29. The average molecular weight is 287 g/mol. The SMILES string of the molecule is Cc1ccc(NC(=O)[C@H]2[C@H](C(=O)O)[C@H]3C=C[C@H]2O3)cc1C. The zero-order valence-electron chi connectivity index (χ0n) is 11.9. The van der Waals surface area contributed by atoms with Gasteiger partial charge in [0.15, 0.2) is 0 Å². The molecular weight excluding hydrogens is 270 g/mol. The Labute approximate surface area is 122 Å². The number of rotatable bonds is 3. The van der Waals surface area contributed by atoms with Crippen molar-refractivity contribution in [2.45, 2.75) is 26.1 Å². The van der Waals surface area contributed by atoms with Crippen LogP contribution in [-0.2, 0) is 14.3 Å². The topological polar surface area (TPSA) is 75.6 Å². The highest BCUT2D eigenvalue weighted by Gasteiger charge is 2.53. The number of anilines is 1. The second-order valence-corrected chi connectivity index (χ2v) is 5.63. The van der Waals surface area contributed by atoms with Crippen LogP contribution in [0.3, 0.4) is 0 Å². The van der Waals surface area contributed by atoms with Gasteiger partial charge in [-0.2, -0.15) is 0 Å². The number of ether oxygens (including phenoxy) is 1. The molecule has 1 aromatic rings. The third-order valence-electron chi connectivity index (χ3n) is 4.26. The first-order valence-corrected chi connectivity index (χ1v) is 6.92. The van der Waals surface area contributed by atoms with E-state index in [2.05, 4.69) is 5.32 Å². The highest BCUT2D eigenvalue weighted by molar-refractivity contribution is 5.96. The van der Waals surface area contributed by atoms with Gasteiger partial charge in [0.05, 0.1) is 18.1 Å². The molecule has 110 valence electrons. The lowest BCUT2D eigenvalue weighted by Gasteiger charge is -2.21. The molecule has 0 saturated carbocycles. The molecule has 2 N–H and O–H groups in total. The number of hydrogen-bond acceptors (Lipinski definition) is 3. The standard InChI is InChI=1S/C16H17NO4/c1-8-3-4-10(7-9(8)2)17-15(18)13-11-5-6-12(21-11)14(13)16(19)20/h3-7,11-14H,1-2H3,(H,17,18)(H,19,20)/t11-,12-,13-,14-/m1/s1. The van der Waals surface area contributed by atoms with Crippen LogP contribution < -0.4 is 5.32 Å². The molecule has 1 saturated heterocycles.